The maximum Gasteiger partial charge on any atom is 0.0497 e. The van der Waals surface area contributed by atoms with Crippen molar-refractivity contribution in [2.24, 2.45) is 0 Å². The summed E-state index contributed by atoms with van der Waals surface area (Å²) in [6, 6.07) is 24.6. The van der Waals surface area contributed by atoms with E-state index in [1.807, 2.05) is 48.3 Å². The Hall–Kier alpha value is -2.07. The van der Waals surface area contributed by atoms with E-state index in [0.29, 0.717) is 0 Å². The summed E-state index contributed by atoms with van der Waals surface area (Å²) in [5.41, 5.74) is 0. The maximum absolute atomic E-state index is 2.38. The molecule has 0 atom stereocenters. The number of hydrogen-bond acceptors (Lipinski definition) is 3. The third-order valence-corrected chi connectivity index (χ3v) is 8.38. The molecule has 0 unspecified atom stereocenters. The smallest absolute Gasteiger partial charge is 0.0497 e. The van der Waals surface area contributed by atoms with Gasteiger partial charge in [0.15, 0.2) is 0 Å². The molecule has 2 aromatic heterocycles. The molecule has 6 aromatic rings. The molecule has 0 spiro atoms. The minimum atomic E-state index is 1.35. The van der Waals surface area contributed by atoms with Crippen LogP contribution in [0.4, 0.5) is 0 Å². The molecule has 0 radical (unpaired) electrons. The fraction of sp³-hybridized carbons (Fsp3) is 0.120. The Kier molecular flexibility index (Phi) is 4.54. The van der Waals surface area contributed by atoms with Gasteiger partial charge >= 0.3 is 0 Å². The quantitative estimate of drug-likeness (QED) is 0.241. The highest BCUT2D eigenvalue weighted by molar-refractivity contribution is 7.99. The number of thioether (sulfide) groups is 1. The van der Waals surface area contributed by atoms with E-state index in [2.05, 4.69) is 73.0 Å². The summed E-state index contributed by atoms with van der Waals surface area (Å²) in [4.78, 5) is 1.38. The highest BCUT2D eigenvalue weighted by Crippen LogP contribution is 2.47. The third kappa shape index (κ3) is 2.50. The average Bonchev–Trinajstić information content (AvgIpc) is 3.33. The van der Waals surface area contributed by atoms with E-state index in [1.54, 1.807) is 0 Å². The van der Waals surface area contributed by atoms with Gasteiger partial charge in [0.05, 0.1) is 0 Å². The molecule has 2 heterocycles. The number of benzene rings is 4. The Labute approximate surface area is 176 Å². The normalized spacial score (nSPS) is 11.5. The van der Waals surface area contributed by atoms with Crippen molar-refractivity contribution < 1.29 is 0 Å². The molecule has 0 fully saturated rings. The Morgan fingerprint density at radius 1 is 0.643 bits per heavy atom. The Bertz CT molecular complexity index is 1470. The number of thiophene rings is 2. The summed E-state index contributed by atoms with van der Waals surface area (Å²) in [6.07, 6.45) is 2.18. The van der Waals surface area contributed by atoms with Crippen molar-refractivity contribution in [3.05, 3.63) is 66.7 Å². The van der Waals surface area contributed by atoms with Crippen LogP contribution in [0.2, 0.25) is 0 Å². The minimum Gasteiger partial charge on any atom is -0.135 e. The first-order valence-corrected chi connectivity index (χ1v) is 12.4. The van der Waals surface area contributed by atoms with Crippen molar-refractivity contribution in [3.63, 3.8) is 0 Å². The van der Waals surface area contributed by atoms with E-state index < -0.39 is 0 Å². The summed E-state index contributed by atoms with van der Waals surface area (Å²) >= 11 is 5.68. The van der Waals surface area contributed by atoms with Crippen molar-refractivity contribution in [2.45, 2.75) is 18.7 Å². The minimum absolute atomic E-state index is 1.35. The topological polar surface area (TPSA) is 0 Å². The molecule has 138 valence electrons. The van der Waals surface area contributed by atoms with Gasteiger partial charge in [-0.3, -0.25) is 0 Å². The van der Waals surface area contributed by atoms with Crippen LogP contribution in [0.15, 0.2) is 71.6 Å². The predicted molar refractivity (Wildman–Crippen MR) is 133 cm³/mol. The van der Waals surface area contributed by atoms with Crippen molar-refractivity contribution in [1.82, 2.24) is 0 Å². The zero-order valence-corrected chi connectivity index (χ0v) is 18.5. The van der Waals surface area contributed by atoms with Gasteiger partial charge < -0.3 is 0 Å². The van der Waals surface area contributed by atoms with Gasteiger partial charge in [-0.05, 0) is 35.9 Å². The highest BCUT2D eigenvalue weighted by Gasteiger charge is 2.17. The van der Waals surface area contributed by atoms with Gasteiger partial charge in [0.25, 0.3) is 0 Å². The van der Waals surface area contributed by atoms with E-state index >= 15 is 0 Å². The van der Waals surface area contributed by atoms with Gasteiger partial charge in [-0.15, -0.1) is 34.4 Å². The maximum atomic E-state index is 2.38. The van der Waals surface area contributed by atoms with Crippen molar-refractivity contribution >= 4 is 85.6 Å². The van der Waals surface area contributed by atoms with Crippen LogP contribution in [0, 0.1) is 0 Å². The summed E-state index contributed by atoms with van der Waals surface area (Å²) in [6.45, 7) is 4.00. The summed E-state index contributed by atoms with van der Waals surface area (Å²) in [7, 11) is 0. The lowest BCUT2D eigenvalue weighted by molar-refractivity contribution is 1.50. The molecular weight excluding hydrogens is 396 g/mol. The van der Waals surface area contributed by atoms with Crippen LogP contribution in [-0.2, 0) is 0 Å². The molecule has 0 N–H and O–H groups in total. The van der Waals surface area contributed by atoms with Gasteiger partial charge in [0, 0.05) is 50.6 Å². The van der Waals surface area contributed by atoms with E-state index in [-0.39, 0.29) is 0 Å². The van der Waals surface area contributed by atoms with E-state index in [4.69, 9.17) is 0 Å². The van der Waals surface area contributed by atoms with Crippen LogP contribution >= 0.6 is 34.4 Å². The highest BCUT2D eigenvalue weighted by atomic mass is 32.2. The molecule has 0 bridgehead atoms. The SMILES string of the molecule is CC.CSc1cc2ccc3sc4ccccc4c3c2c2c1sc1ccccc12. The summed E-state index contributed by atoms with van der Waals surface area (Å²) < 4.78 is 5.56. The van der Waals surface area contributed by atoms with Crippen LogP contribution in [-0.4, -0.2) is 6.26 Å². The van der Waals surface area contributed by atoms with Crippen LogP contribution in [0.1, 0.15) is 13.8 Å². The lowest BCUT2D eigenvalue weighted by Gasteiger charge is -2.07. The average molecular weight is 417 g/mol. The predicted octanol–water partition coefficient (Wildman–Crippen LogP) is 9.32. The van der Waals surface area contributed by atoms with Crippen LogP contribution in [0.25, 0.3) is 51.1 Å². The van der Waals surface area contributed by atoms with Gasteiger partial charge in [0.1, 0.15) is 0 Å². The molecule has 0 saturated heterocycles. The first kappa shape index (κ1) is 18.0. The first-order valence-electron chi connectivity index (χ1n) is 9.57. The molecule has 0 saturated carbocycles. The van der Waals surface area contributed by atoms with Crippen LogP contribution in [0.5, 0.6) is 0 Å². The summed E-state index contributed by atoms with van der Waals surface area (Å²) in [5, 5.41) is 8.39. The monoisotopic (exact) mass is 416 g/mol. The van der Waals surface area contributed by atoms with E-state index in [1.165, 1.54) is 56.0 Å². The number of hydrogen-bond donors (Lipinski definition) is 0. The molecule has 28 heavy (non-hydrogen) atoms. The fourth-order valence-corrected chi connectivity index (χ4v) is 7.19. The van der Waals surface area contributed by atoms with Gasteiger partial charge in [-0.1, -0.05) is 56.3 Å². The van der Waals surface area contributed by atoms with Crippen LogP contribution in [0.3, 0.4) is 0 Å². The van der Waals surface area contributed by atoms with Gasteiger partial charge in [-0.25, -0.2) is 0 Å². The lowest BCUT2D eigenvalue weighted by atomic mass is 9.99. The van der Waals surface area contributed by atoms with Gasteiger partial charge in [0.2, 0.25) is 0 Å². The third-order valence-electron chi connectivity index (χ3n) is 5.15. The Morgan fingerprint density at radius 3 is 2.00 bits per heavy atom. The largest absolute Gasteiger partial charge is 0.135 e. The van der Waals surface area contributed by atoms with E-state index in [9.17, 15) is 0 Å². The zero-order valence-electron chi connectivity index (χ0n) is 16.1. The standard InChI is InChI=1S/C23H14S3.C2H6/c1-24-19-12-13-10-11-18-21(14-6-2-4-8-16(14)25-18)20(13)22-15-7-3-5-9-17(15)26-23(19)22;1-2/h2-12H,1H3;1-2H3. The van der Waals surface area contributed by atoms with Crippen LogP contribution < -0.4 is 0 Å². The molecule has 0 aliphatic carbocycles. The Morgan fingerprint density at radius 2 is 1.29 bits per heavy atom. The first-order chi connectivity index (χ1) is 13.8. The number of rotatable bonds is 1. The molecule has 6 rings (SSSR count). The van der Waals surface area contributed by atoms with Crippen molar-refractivity contribution in [2.75, 3.05) is 6.26 Å². The molecule has 0 nitrogen and oxygen atoms in total. The van der Waals surface area contributed by atoms with Crippen molar-refractivity contribution in [3.8, 4) is 0 Å². The molecular formula is C25H20S3. The second-order valence-electron chi connectivity index (χ2n) is 6.52. The fourth-order valence-electron chi connectivity index (χ4n) is 4.05. The molecule has 4 aromatic carbocycles. The second-order valence-corrected chi connectivity index (χ2v) is 9.50. The second kappa shape index (κ2) is 7.07. The molecule has 0 aliphatic rings. The molecule has 3 heteroatoms. The van der Waals surface area contributed by atoms with Gasteiger partial charge in [-0.2, -0.15) is 0 Å². The molecule has 0 aliphatic heterocycles. The lowest BCUT2D eigenvalue weighted by Crippen LogP contribution is -1.80. The zero-order chi connectivity index (χ0) is 19.3. The summed E-state index contributed by atoms with van der Waals surface area (Å²) in [5.74, 6) is 0. The van der Waals surface area contributed by atoms with E-state index in [0.717, 1.165) is 0 Å². The Balaban J connectivity index is 0.000000829. The van der Waals surface area contributed by atoms with Crippen molar-refractivity contribution in [1.29, 1.82) is 0 Å². The number of fused-ring (bicyclic) bond motifs is 9. The molecule has 0 amide bonds.